The molecule has 1 aliphatic rings. The van der Waals surface area contributed by atoms with Gasteiger partial charge in [-0.1, -0.05) is 25.5 Å². The zero-order valence-electron chi connectivity index (χ0n) is 18.9. The van der Waals surface area contributed by atoms with E-state index in [9.17, 15) is 13.6 Å². The molecule has 1 N–H and O–H groups in total. The van der Waals surface area contributed by atoms with Gasteiger partial charge in [0.25, 0.3) is 5.91 Å². The summed E-state index contributed by atoms with van der Waals surface area (Å²) in [4.78, 5) is 26.9. The van der Waals surface area contributed by atoms with Gasteiger partial charge in [-0.3, -0.25) is 14.8 Å². The lowest BCUT2D eigenvalue weighted by molar-refractivity contribution is 0.101. The van der Waals surface area contributed by atoms with Gasteiger partial charge in [-0.2, -0.15) is 5.11 Å². The number of anilines is 1. The van der Waals surface area contributed by atoms with E-state index in [2.05, 4.69) is 30.5 Å². The average Bonchev–Trinajstić information content (AvgIpc) is 2.80. The molecule has 1 amide bonds. The summed E-state index contributed by atoms with van der Waals surface area (Å²) < 4.78 is 27.5. The molecule has 0 fully saturated rings. The Morgan fingerprint density at radius 2 is 1.81 bits per heavy atom. The molecule has 0 radical (unpaired) electrons. The van der Waals surface area contributed by atoms with Crippen molar-refractivity contribution in [2.45, 2.75) is 27.2 Å². The number of carbonyl (C=O) groups is 1. The third-order valence-corrected chi connectivity index (χ3v) is 4.69. The van der Waals surface area contributed by atoms with Crippen molar-refractivity contribution in [1.82, 2.24) is 14.9 Å². The molecule has 1 aliphatic heterocycles. The molecular weight excluding hydrogens is 416 g/mol. The number of hydrogen-bond donors (Lipinski definition) is 1. The first-order valence-corrected chi connectivity index (χ1v) is 10.2. The van der Waals surface area contributed by atoms with Gasteiger partial charge in [0.1, 0.15) is 17.2 Å². The first kappa shape index (κ1) is 24.7. The highest BCUT2D eigenvalue weighted by Gasteiger charge is 2.22. The topological polar surface area (TPSA) is 95.2 Å². The van der Waals surface area contributed by atoms with E-state index >= 15 is 0 Å². The quantitative estimate of drug-likeness (QED) is 0.427. The van der Waals surface area contributed by atoms with Crippen LogP contribution in [0.4, 0.5) is 14.6 Å². The van der Waals surface area contributed by atoms with Crippen molar-refractivity contribution in [2.75, 3.05) is 32.5 Å². The normalized spacial score (nSPS) is 14.3. The van der Waals surface area contributed by atoms with E-state index in [-0.39, 0.29) is 5.82 Å². The minimum Gasteiger partial charge on any atom is -0.335 e. The molecule has 0 aliphatic carbocycles. The van der Waals surface area contributed by atoms with Gasteiger partial charge in [-0.25, -0.2) is 13.8 Å². The van der Waals surface area contributed by atoms with Crippen molar-refractivity contribution in [3.05, 3.63) is 59.1 Å². The molecule has 0 saturated carbocycles. The molecule has 2 heterocycles. The molecule has 10 heteroatoms. The van der Waals surface area contributed by atoms with E-state index in [1.807, 2.05) is 25.7 Å². The molecule has 1 aromatic carbocycles. The third kappa shape index (κ3) is 5.77. The summed E-state index contributed by atoms with van der Waals surface area (Å²) in [6, 6.07) is 3.22. The van der Waals surface area contributed by atoms with E-state index < -0.39 is 23.1 Å². The van der Waals surface area contributed by atoms with Crippen LogP contribution in [0.2, 0.25) is 0 Å². The lowest BCUT2D eigenvalue weighted by Gasteiger charge is -2.29. The van der Waals surface area contributed by atoms with Crippen molar-refractivity contribution in [3.63, 3.8) is 0 Å². The maximum absolute atomic E-state index is 13.8. The summed E-state index contributed by atoms with van der Waals surface area (Å²) in [7, 11) is 3.24. The fourth-order valence-electron chi connectivity index (χ4n) is 3.11. The Morgan fingerprint density at radius 1 is 1.12 bits per heavy atom. The average molecular weight is 444 g/mol. The highest BCUT2D eigenvalue weighted by Crippen LogP contribution is 2.26. The highest BCUT2D eigenvalue weighted by molar-refractivity contribution is 6.04. The van der Waals surface area contributed by atoms with Gasteiger partial charge >= 0.3 is 0 Å². The Bertz CT molecular complexity index is 1010. The van der Waals surface area contributed by atoms with Crippen LogP contribution in [-0.2, 0) is 0 Å². The number of guanidine groups is 1. The smallest absolute Gasteiger partial charge is 0.262 e. The van der Waals surface area contributed by atoms with Crippen molar-refractivity contribution < 1.29 is 13.6 Å². The molecule has 170 valence electrons. The molecule has 1 aromatic heterocycles. The number of hydrogen-bond acceptors (Lipinski definition) is 5. The molecular formula is C22H27F2N7O. The maximum Gasteiger partial charge on any atom is 0.262 e. The van der Waals surface area contributed by atoms with Gasteiger partial charge in [0.15, 0.2) is 5.82 Å². The van der Waals surface area contributed by atoms with Gasteiger partial charge in [0.2, 0.25) is 5.96 Å². The van der Waals surface area contributed by atoms with Crippen LogP contribution < -0.4 is 5.32 Å². The van der Waals surface area contributed by atoms with E-state index in [1.54, 1.807) is 14.1 Å². The predicted octanol–water partition coefficient (Wildman–Crippen LogP) is 4.58. The number of nitrogens with one attached hydrogen (secondary N) is 1. The number of azo groups is 1. The number of carbonyl (C=O) groups excluding carboxylic acids is 1. The summed E-state index contributed by atoms with van der Waals surface area (Å²) in [6.07, 6.45) is 3.67. The number of halogens is 2. The van der Waals surface area contributed by atoms with E-state index in [4.69, 9.17) is 0 Å². The Hall–Kier alpha value is -3.56. The second-order valence-electron chi connectivity index (χ2n) is 6.59. The summed E-state index contributed by atoms with van der Waals surface area (Å²) >= 11 is 0. The number of nitrogens with zero attached hydrogens (tertiary/aromatic N) is 6. The fourth-order valence-corrected chi connectivity index (χ4v) is 3.11. The summed E-state index contributed by atoms with van der Waals surface area (Å²) in [5.74, 6) is -2.20. The van der Waals surface area contributed by atoms with Crippen LogP contribution in [0, 0.1) is 11.6 Å². The third-order valence-electron chi connectivity index (χ3n) is 4.69. The molecule has 0 saturated heterocycles. The number of amides is 1. The van der Waals surface area contributed by atoms with Crippen molar-refractivity contribution in [1.29, 1.82) is 0 Å². The maximum atomic E-state index is 13.8. The number of aromatic nitrogens is 2. The van der Waals surface area contributed by atoms with Crippen LogP contribution in [0.5, 0.6) is 0 Å². The minimum absolute atomic E-state index is 0.0907. The molecule has 0 spiro atoms. The van der Waals surface area contributed by atoms with E-state index in [0.717, 1.165) is 36.2 Å². The van der Waals surface area contributed by atoms with Gasteiger partial charge in [-0.05, 0) is 31.1 Å². The zero-order chi connectivity index (χ0) is 23.7. The first-order chi connectivity index (χ1) is 15.4. The zero-order valence-corrected chi connectivity index (χ0v) is 18.9. The largest absolute Gasteiger partial charge is 0.335 e. The molecule has 0 bridgehead atoms. The van der Waals surface area contributed by atoms with Crippen molar-refractivity contribution in [2.24, 2.45) is 15.2 Å². The second kappa shape index (κ2) is 11.7. The molecule has 8 nitrogen and oxygen atoms in total. The fraction of sp³-hybridized carbons (Fsp3) is 0.364. The highest BCUT2D eigenvalue weighted by atomic mass is 19.1. The molecule has 3 rings (SSSR count). The van der Waals surface area contributed by atoms with Crippen LogP contribution in [-0.4, -0.2) is 53.9 Å². The van der Waals surface area contributed by atoms with Crippen molar-refractivity contribution >= 4 is 23.3 Å². The van der Waals surface area contributed by atoms with Gasteiger partial charge in [0, 0.05) is 27.2 Å². The van der Waals surface area contributed by atoms with Crippen LogP contribution >= 0.6 is 0 Å². The van der Waals surface area contributed by atoms with Gasteiger partial charge < -0.3 is 10.2 Å². The number of rotatable bonds is 3. The lowest BCUT2D eigenvalue weighted by atomic mass is 9.99. The summed E-state index contributed by atoms with van der Waals surface area (Å²) in [5.41, 5.74) is 2.10. The monoisotopic (exact) mass is 443 g/mol. The van der Waals surface area contributed by atoms with Gasteiger partial charge in [-0.15, -0.1) is 5.11 Å². The molecule has 32 heavy (non-hydrogen) atoms. The minimum atomic E-state index is -0.947. The Kier molecular flexibility index (Phi) is 9.06. The van der Waals surface area contributed by atoms with Crippen LogP contribution in [0.25, 0.3) is 5.57 Å². The van der Waals surface area contributed by atoms with Gasteiger partial charge in [0.05, 0.1) is 18.1 Å². The molecule has 0 unspecified atom stereocenters. The Morgan fingerprint density at radius 3 is 2.38 bits per heavy atom. The SMILES string of the molecule is CC.CN=NC(=NC)N1CCC(C)=C(c2cnc(NC(=O)c3c(F)cccc3F)cn2)C1. The molecule has 0 atom stereocenters. The van der Waals surface area contributed by atoms with Crippen LogP contribution in [0.15, 0.2) is 51.4 Å². The summed E-state index contributed by atoms with van der Waals surface area (Å²) in [5, 5.41) is 10.2. The summed E-state index contributed by atoms with van der Waals surface area (Å²) in [6.45, 7) is 7.32. The Labute approximate surface area is 186 Å². The van der Waals surface area contributed by atoms with Crippen LogP contribution in [0.1, 0.15) is 43.2 Å². The standard InChI is InChI=1S/C20H21F2N7O.C2H6/c1-12-7-8-29(20(23-2)28-24-3)11-13(12)16-9-26-17(10-25-16)27-19(30)18-14(21)5-4-6-15(18)22;1-2/h4-6,9-10H,7-8,11H2,1-3H3,(H,26,27,30);1-2H3. The Balaban J connectivity index is 0.00000176. The second-order valence-corrected chi connectivity index (χ2v) is 6.59. The predicted molar refractivity (Wildman–Crippen MR) is 121 cm³/mol. The van der Waals surface area contributed by atoms with E-state index in [0.29, 0.717) is 18.2 Å². The number of aliphatic imine (C=N–C) groups is 1. The first-order valence-electron chi connectivity index (χ1n) is 10.2. The lowest BCUT2D eigenvalue weighted by Crippen LogP contribution is -2.35. The van der Waals surface area contributed by atoms with Crippen molar-refractivity contribution in [3.8, 4) is 0 Å². The van der Waals surface area contributed by atoms with E-state index in [1.165, 1.54) is 18.5 Å². The molecule has 2 aromatic rings. The van der Waals surface area contributed by atoms with Crippen LogP contribution in [0.3, 0.4) is 0 Å². The number of benzene rings is 1.